The zero-order valence-electron chi connectivity index (χ0n) is 10.3. The Bertz CT molecular complexity index is 396. The van der Waals surface area contributed by atoms with E-state index in [4.69, 9.17) is 5.26 Å². The van der Waals surface area contributed by atoms with Gasteiger partial charge in [0.05, 0.1) is 12.2 Å². The van der Waals surface area contributed by atoms with Gasteiger partial charge in [0, 0.05) is 25.8 Å². The summed E-state index contributed by atoms with van der Waals surface area (Å²) < 4.78 is 0. The van der Waals surface area contributed by atoms with Crippen LogP contribution < -0.4 is 16.0 Å². The number of aromatic nitrogens is 2. The summed E-state index contributed by atoms with van der Waals surface area (Å²) in [4.78, 5) is 4.21. The average Bonchev–Trinajstić information content (AvgIpc) is 2.40. The smallest absolute Gasteiger partial charge is 0.204 e. The quantitative estimate of drug-likeness (QED) is 0.208. The fourth-order valence-corrected chi connectivity index (χ4v) is 1.25. The zero-order chi connectivity index (χ0) is 13.1. The van der Waals surface area contributed by atoms with E-state index in [0.717, 1.165) is 12.2 Å². The van der Waals surface area contributed by atoms with E-state index in [9.17, 15) is 0 Å². The molecule has 0 radical (unpaired) electrons. The molecule has 7 nitrogen and oxygen atoms in total. The second-order valence-corrected chi connectivity index (χ2v) is 3.39. The fourth-order valence-electron chi connectivity index (χ4n) is 1.25. The van der Waals surface area contributed by atoms with E-state index in [1.165, 1.54) is 0 Å². The van der Waals surface area contributed by atoms with Crippen LogP contribution in [0.4, 0.5) is 0 Å². The van der Waals surface area contributed by atoms with Crippen molar-refractivity contribution in [2.24, 2.45) is 4.99 Å². The molecule has 0 spiro atoms. The third kappa shape index (κ3) is 5.77. The van der Waals surface area contributed by atoms with Gasteiger partial charge in [-0.1, -0.05) is 0 Å². The van der Waals surface area contributed by atoms with Crippen LogP contribution in [0.25, 0.3) is 0 Å². The largest absolute Gasteiger partial charge is 0.356 e. The molecular formula is C11H17N7. The molecule has 0 amide bonds. The van der Waals surface area contributed by atoms with Crippen molar-refractivity contribution in [1.29, 1.82) is 5.26 Å². The van der Waals surface area contributed by atoms with E-state index in [0.29, 0.717) is 25.6 Å². The van der Waals surface area contributed by atoms with Crippen molar-refractivity contribution in [3.63, 3.8) is 0 Å². The normalized spacial score (nSPS) is 10.8. The summed E-state index contributed by atoms with van der Waals surface area (Å²) in [6.45, 7) is 4.61. The van der Waals surface area contributed by atoms with Gasteiger partial charge in [0.2, 0.25) is 5.96 Å². The lowest BCUT2D eigenvalue weighted by molar-refractivity contribution is 0.671. The molecule has 0 unspecified atom stereocenters. The summed E-state index contributed by atoms with van der Waals surface area (Å²) in [6, 6.07) is 3.76. The van der Waals surface area contributed by atoms with Crippen LogP contribution in [0, 0.1) is 11.5 Å². The molecule has 3 N–H and O–H groups in total. The number of rotatable bonds is 6. The minimum atomic E-state index is 0.501. The number of hydrogen-bond donors (Lipinski definition) is 3. The number of aliphatic imine (C=N–C) groups is 1. The van der Waals surface area contributed by atoms with Crippen LogP contribution in [0.1, 0.15) is 12.6 Å². The van der Waals surface area contributed by atoms with Crippen molar-refractivity contribution >= 4 is 5.96 Å². The molecule has 0 aliphatic heterocycles. The standard InChI is InChI=1S/C11H17N7/c1-2-14-11(16-9-12)15-7-6-13-8-10-4-3-5-17-18-10/h3-5,13H,2,6-8H2,1H3,(H2,14,15,16). The maximum atomic E-state index is 8.50. The van der Waals surface area contributed by atoms with Crippen LogP contribution in [-0.2, 0) is 6.54 Å². The lowest BCUT2D eigenvalue weighted by atomic mass is 10.4. The van der Waals surface area contributed by atoms with Gasteiger partial charge in [0.15, 0.2) is 6.19 Å². The number of nitrogens with one attached hydrogen (secondary N) is 3. The number of nitriles is 1. The summed E-state index contributed by atoms with van der Waals surface area (Å²) >= 11 is 0. The molecule has 0 saturated heterocycles. The Labute approximate surface area is 106 Å². The lowest BCUT2D eigenvalue weighted by Crippen LogP contribution is -2.35. The van der Waals surface area contributed by atoms with Crippen molar-refractivity contribution in [2.45, 2.75) is 13.5 Å². The summed E-state index contributed by atoms with van der Waals surface area (Å²) in [5, 5.41) is 24.9. The Balaban J connectivity index is 2.21. The van der Waals surface area contributed by atoms with Crippen molar-refractivity contribution in [3.05, 3.63) is 24.0 Å². The van der Waals surface area contributed by atoms with Crippen LogP contribution in [0.2, 0.25) is 0 Å². The minimum Gasteiger partial charge on any atom is -0.356 e. The molecule has 1 heterocycles. The molecule has 0 aromatic carbocycles. The van der Waals surface area contributed by atoms with Crippen molar-refractivity contribution in [2.75, 3.05) is 19.6 Å². The molecule has 1 aromatic heterocycles. The van der Waals surface area contributed by atoms with Crippen LogP contribution >= 0.6 is 0 Å². The summed E-state index contributed by atoms with van der Waals surface area (Å²) in [7, 11) is 0. The molecule has 1 rings (SSSR count). The van der Waals surface area contributed by atoms with Gasteiger partial charge in [-0.15, -0.1) is 0 Å². The van der Waals surface area contributed by atoms with Gasteiger partial charge in [0.1, 0.15) is 0 Å². The molecule has 7 heteroatoms. The maximum Gasteiger partial charge on any atom is 0.204 e. The first-order chi connectivity index (χ1) is 8.86. The highest BCUT2D eigenvalue weighted by molar-refractivity contribution is 5.81. The highest BCUT2D eigenvalue weighted by Gasteiger charge is 1.95. The zero-order valence-corrected chi connectivity index (χ0v) is 10.3. The Kier molecular flexibility index (Phi) is 6.85. The van der Waals surface area contributed by atoms with Gasteiger partial charge in [-0.3, -0.25) is 10.3 Å². The van der Waals surface area contributed by atoms with E-state index in [2.05, 4.69) is 31.1 Å². The monoisotopic (exact) mass is 247 g/mol. The van der Waals surface area contributed by atoms with Crippen molar-refractivity contribution in [1.82, 2.24) is 26.1 Å². The third-order valence-corrected chi connectivity index (χ3v) is 2.01. The van der Waals surface area contributed by atoms with E-state index < -0.39 is 0 Å². The highest BCUT2D eigenvalue weighted by Crippen LogP contribution is 1.88. The molecule has 18 heavy (non-hydrogen) atoms. The second kappa shape index (κ2) is 8.90. The lowest BCUT2D eigenvalue weighted by Gasteiger charge is -2.05. The fraction of sp³-hybridized carbons (Fsp3) is 0.455. The van der Waals surface area contributed by atoms with Gasteiger partial charge in [-0.25, -0.2) is 0 Å². The molecule has 96 valence electrons. The molecule has 0 saturated carbocycles. The Morgan fingerprint density at radius 1 is 1.56 bits per heavy atom. The second-order valence-electron chi connectivity index (χ2n) is 3.39. The van der Waals surface area contributed by atoms with Crippen LogP contribution in [-0.4, -0.2) is 35.8 Å². The molecule has 0 fully saturated rings. The van der Waals surface area contributed by atoms with Gasteiger partial charge >= 0.3 is 0 Å². The number of guanidine groups is 1. The SMILES string of the molecule is CCNC(=NCCNCc1cccnn1)NC#N. The summed E-state index contributed by atoms with van der Waals surface area (Å²) in [5.41, 5.74) is 0.892. The first-order valence-corrected chi connectivity index (χ1v) is 5.77. The van der Waals surface area contributed by atoms with E-state index in [1.54, 1.807) is 6.20 Å². The van der Waals surface area contributed by atoms with Crippen LogP contribution in [0.5, 0.6) is 0 Å². The third-order valence-electron chi connectivity index (χ3n) is 2.01. The molecule has 0 bridgehead atoms. The van der Waals surface area contributed by atoms with Gasteiger partial charge in [-0.2, -0.15) is 15.5 Å². The minimum absolute atomic E-state index is 0.501. The molecule has 0 aliphatic rings. The Hall–Kier alpha value is -2.20. The van der Waals surface area contributed by atoms with Gasteiger partial charge in [-0.05, 0) is 19.1 Å². The summed E-state index contributed by atoms with van der Waals surface area (Å²) in [6.07, 6.45) is 3.48. The van der Waals surface area contributed by atoms with Crippen molar-refractivity contribution < 1.29 is 0 Å². The van der Waals surface area contributed by atoms with Gasteiger partial charge < -0.3 is 10.6 Å². The number of hydrogen-bond acceptors (Lipinski definition) is 5. The molecular weight excluding hydrogens is 230 g/mol. The Morgan fingerprint density at radius 2 is 2.44 bits per heavy atom. The van der Waals surface area contributed by atoms with E-state index in [1.807, 2.05) is 25.2 Å². The first-order valence-electron chi connectivity index (χ1n) is 5.77. The van der Waals surface area contributed by atoms with Crippen molar-refractivity contribution in [3.8, 4) is 6.19 Å². The average molecular weight is 247 g/mol. The molecule has 0 aliphatic carbocycles. The van der Waals surface area contributed by atoms with E-state index in [-0.39, 0.29) is 0 Å². The predicted molar refractivity (Wildman–Crippen MR) is 68.5 cm³/mol. The molecule has 0 atom stereocenters. The van der Waals surface area contributed by atoms with Crippen LogP contribution in [0.15, 0.2) is 23.3 Å². The summed E-state index contributed by atoms with van der Waals surface area (Å²) in [5.74, 6) is 0.501. The highest BCUT2D eigenvalue weighted by atomic mass is 15.2. The molecule has 1 aromatic rings. The topological polar surface area (TPSA) is 98.0 Å². The Morgan fingerprint density at radius 3 is 3.11 bits per heavy atom. The number of nitrogens with zero attached hydrogens (tertiary/aromatic N) is 4. The van der Waals surface area contributed by atoms with Gasteiger partial charge in [0.25, 0.3) is 0 Å². The predicted octanol–water partition coefficient (Wildman–Crippen LogP) is -0.398. The maximum absolute atomic E-state index is 8.50. The van der Waals surface area contributed by atoms with Crippen LogP contribution in [0.3, 0.4) is 0 Å². The van der Waals surface area contributed by atoms with E-state index >= 15 is 0 Å². The first kappa shape index (κ1) is 13.9.